The van der Waals surface area contributed by atoms with Crippen LogP contribution in [-0.4, -0.2) is 6.54 Å². The third-order valence-electron chi connectivity index (χ3n) is 2.37. The van der Waals surface area contributed by atoms with Gasteiger partial charge in [-0.1, -0.05) is 0 Å². The van der Waals surface area contributed by atoms with Gasteiger partial charge in [-0.25, -0.2) is 0 Å². The highest BCUT2D eigenvalue weighted by Crippen LogP contribution is 2.19. The predicted molar refractivity (Wildman–Crippen MR) is 59.0 cm³/mol. The van der Waals surface area contributed by atoms with Crippen LogP contribution in [0, 0.1) is 16.7 Å². The minimum atomic E-state index is -0.197. The van der Waals surface area contributed by atoms with E-state index in [4.69, 9.17) is 9.68 Å². The molecule has 1 aromatic rings. The number of furan rings is 1. The van der Waals surface area contributed by atoms with Crippen LogP contribution < -0.4 is 5.32 Å². The van der Waals surface area contributed by atoms with Crippen LogP contribution in [0.5, 0.6) is 0 Å². The zero-order valence-corrected chi connectivity index (χ0v) is 9.42. The first kappa shape index (κ1) is 11.8. The summed E-state index contributed by atoms with van der Waals surface area (Å²) in [4.78, 5) is 0. The van der Waals surface area contributed by atoms with Crippen molar-refractivity contribution in [2.24, 2.45) is 5.41 Å². The van der Waals surface area contributed by atoms with E-state index < -0.39 is 0 Å². The van der Waals surface area contributed by atoms with Gasteiger partial charge in [-0.2, -0.15) is 5.26 Å². The molecule has 0 saturated heterocycles. The Balaban J connectivity index is 2.06. The van der Waals surface area contributed by atoms with Crippen LogP contribution in [0.4, 0.5) is 0 Å². The molecule has 0 aliphatic rings. The summed E-state index contributed by atoms with van der Waals surface area (Å²) in [6, 6.07) is 4.25. The SMILES string of the molecule is CC(C)(C#N)CCCNCc1ccoc1. The van der Waals surface area contributed by atoms with Gasteiger partial charge in [0.2, 0.25) is 0 Å². The Labute approximate surface area is 91.1 Å². The largest absolute Gasteiger partial charge is 0.472 e. The van der Waals surface area contributed by atoms with Crippen molar-refractivity contribution in [3.8, 4) is 6.07 Å². The Hall–Kier alpha value is -1.27. The summed E-state index contributed by atoms with van der Waals surface area (Å²) in [6.07, 6.45) is 5.38. The van der Waals surface area contributed by atoms with E-state index in [1.807, 2.05) is 19.9 Å². The molecule has 0 fully saturated rings. The third-order valence-corrected chi connectivity index (χ3v) is 2.37. The summed E-state index contributed by atoms with van der Waals surface area (Å²) in [5.41, 5.74) is 0.965. The van der Waals surface area contributed by atoms with Crippen LogP contribution in [0.1, 0.15) is 32.3 Å². The second-order valence-corrected chi connectivity index (χ2v) is 4.41. The van der Waals surface area contributed by atoms with Gasteiger partial charge in [0.05, 0.1) is 24.0 Å². The highest BCUT2D eigenvalue weighted by Gasteiger charge is 2.15. The average Bonchev–Trinajstić information content (AvgIpc) is 2.70. The molecule has 0 unspecified atom stereocenters. The maximum Gasteiger partial charge on any atom is 0.0947 e. The Morgan fingerprint density at radius 3 is 2.93 bits per heavy atom. The fraction of sp³-hybridized carbons (Fsp3) is 0.583. The number of nitrogens with zero attached hydrogens (tertiary/aromatic N) is 1. The van der Waals surface area contributed by atoms with Crippen LogP contribution in [0.25, 0.3) is 0 Å². The summed E-state index contributed by atoms with van der Waals surface area (Å²) in [5.74, 6) is 0. The van der Waals surface area contributed by atoms with Crippen LogP contribution >= 0.6 is 0 Å². The summed E-state index contributed by atoms with van der Waals surface area (Å²) >= 11 is 0. The van der Waals surface area contributed by atoms with Crippen molar-refractivity contribution >= 4 is 0 Å². The van der Waals surface area contributed by atoms with Gasteiger partial charge in [0.25, 0.3) is 0 Å². The molecule has 82 valence electrons. The standard InChI is InChI=1S/C12H18N2O/c1-12(2,10-13)5-3-6-14-8-11-4-7-15-9-11/h4,7,9,14H,3,5-6,8H2,1-2H3. The highest BCUT2D eigenvalue weighted by molar-refractivity contribution is 5.04. The Morgan fingerprint density at radius 1 is 1.53 bits per heavy atom. The zero-order valence-electron chi connectivity index (χ0n) is 9.42. The van der Waals surface area contributed by atoms with Crippen molar-refractivity contribution in [1.29, 1.82) is 5.26 Å². The molecule has 3 heteroatoms. The summed E-state index contributed by atoms with van der Waals surface area (Å²) in [6.45, 7) is 5.73. The van der Waals surface area contributed by atoms with Crippen molar-refractivity contribution in [2.75, 3.05) is 6.54 Å². The Morgan fingerprint density at radius 2 is 2.33 bits per heavy atom. The lowest BCUT2D eigenvalue weighted by Crippen LogP contribution is -2.17. The molecule has 0 aliphatic carbocycles. The first-order chi connectivity index (χ1) is 7.14. The van der Waals surface area contributed by atoms with E-state index in [1.54, 1.807) is 12.5 Å². The number of nitriles is 1. The molecule has 0 saturated carbocycles. The smallest absolute Gasteiger partial charge is 0.0947 e. The van der Waals surface area contributed by atoms with E-state index in [2.05, 4.69) is 11.4 Å². The number of nitrogens with one attached hydrogen (secondary N) is 1. The quantitative estimate of drug-likeness (QED) is 0.728. The van der Waals surface area contributed by atoms with Crippen molar-refractivity contribution < 1.29 is 4.42 Å². The van der Waals surface area contributed by atoms with Gasteiger partial charge < -0.3 is 9.73 Å². The van der Waals surface area contributed by atoms with Crippen molar-refractivity contribution in [3.05, 3.63) is 24.2 Å². The van der Waals surface area contributed by atoms with Gasteiger partial charge in [0, 0.05) is 12.1 Å². The maximum atomic E-state index is 8.82. The van der Waals surface area contributed by atoms with E-state index in [0.29, 0.717) is 0 Å². The van der Waals surface area contributed by atoms with Crippen molar-refractivity contribution in [3.63, 3.8) is 0 Å². The lowest BCUT2D eigenvalue weighted by atomic mass is 9.90. The topological polar surface area (TPSA) is 49.0 Å². The zero-order chi connectivity index (χ0) is 11.1. The minimum absolute atomic E-state index is 0.197. The number of hydrogen-bond acceptors (Lipinski definition) is 3. The minimum Gasteiger partial charge on any atom is -0.472 e. The molecule has 0 amide bonds. The second-order valence-electron chi connectivity index (χ2n) is 4.41. The third kappa shape index (κ3) is 4.66. The van der Waals surface area contributed by atoms with Gasteiger partial charge in [-0.05, 0) is 39.3 Å². The summed E-state index contributed by atoms with van der Waals surface area (Å²) in [5, 5.41) is 12.1. The normalized spacial score (nSPS) is 11.3. The van der Waals surface area contributed by atoms with Crippen molar-refractivity contribution in [1.82, 2.24) is 5.32 Å². The fourth-order valence-corrected chi connectivity index (χ4v) is 1.34. The Bertz CT molecular complexity index is 309. The molecule has 0 radical (unpaired) electrons. The molecule has 1 rings (SSSR count). The molecular formula is C12H18N2O. The molecule has 0 aliphatic heterocycles. The van der Waals surface area contributed by atoms with Gasteiger partial charge in [0.1, 0.15) is 0 Å². The molecule has 0 atom stereocenters. The van der Waals surface area contributed by atoms with Gasteiger partial charge >= 0.3 is 0 Å². The monoisotopic (exact) mass is 206 g/mol. The van der Waals surface area contributed by atoms with E-state index in [9.17, 15) is 0 Å². The molecule has 0 bridgehead atoms. The highest BCUT2D eigenvalue weighted by atomic mass is 16.3. The lowest BCUT2D eigenvalue weighted by Gasteiger charge is -2.14. The molecule has 1 heterocycles. The molecular weight excluding hydrogens is 188 g/mol. The molecule has 1 aromatic heterocycles. The summed E-state index contributed by atoms with van der Waals surface area (Å²) in [7, 11) is 0. The van der Waals surface area contributed by atoms with Crippen LogP contribution in [0.15, 0.2) is 23.0 Å². The average molecular weight is 206 g/mol. The molecule has 15 heavy (non-hydrogen) atoms. The van der Waals surface area contributed by atoms with Gasteiger partial charge in [-0.3, -0.25) is 0 Å². The first-order valence-electron chi connectivity index (χ1n) is 5.27. The van der Waals surface area contributed by atoms with Crippen LogP contribution in [-0.2, 0) is 6.54 Å². The molecule has 3 nitrogen and oxygen atoms in total. The van der Waals surface area contributed by atoms with E-state index in [0.717, 1.165) is 31.5 Å². The van der Waals surface area contributed by atoms with Gasteiger partial charge in [-0.15, -0.1) is 0 Å². The van der Waals surface area contributed by atoms with E-state index >= 15 is 0 Å². The van der Waals surface area contributed by atoms with Crippen LogP contribution in [0.3, 0.4) is 0 Å². The first-order valence-corrected chi connectivity index (χ1v) is 5.27. The Kier molecular flexibility index (Phi) is 4.38. The molecule has 0 aromatic carbocycles. The predicted octanol–water partition coefficient (Wildman–Crippen LogP) is 2.70. The second kappa shape index (κ2) is 5.57. The van der Waals surface area contributed by atoms with Crippen molar-refractivity contribution in [2.45, 2.75) is 33.2 Å². The van der Waals surface area contributed by atoms with Gasteiger partial charge in [0.15, 0.2) is 0 Å². The molecule has 0 spiro atoms. The lowest BCUT2D eigenvalue weighted by molar-refractivity contribution is 0.425. The summed E-state index contributed by atoms with van der Waals surface area (Å²) < 4.78 is 4.96. The fourth-order valence-electron chi connectivity index (χ4n) is 1.34. The van der Waals surface area contributed by atoms with Crippen LogP contribution in [0.2, 0.25) is 0 Å². The molecule has 1 N–H and O–H groups in total. The maximum absolute atomic E-state index is 8.82. The van der Waals surface area contributed by atoms with E-state index in [-0.39, 0.29) is 5.41 Å². The van der Waals surface area contributed by atoms with E-state index in [1.165, 1.54) is 0 Å². The number of hydrogen-bond donors (Lipinski definition) is 1. The number of rotatable bonds is 6.